The Morgan fingerprint density at radius 3 is 2.25 bits per heavy atom. The Morgan fingerprint density at radius 2 is 1.50 bits per heavy atom. The summed E-state index contributed by atoms with van der Waals surface area (Å²) in [5, 5.41) is 5.17. The molecule has 3 aromatic rings. The van der Waals surface area contributed by atoms with E-state index < -0.39 is 5.91 Å². The summed E-state index contributed by atoms with van der Waals surface area (Å²) in [6.07, 6.45) is 0. The normalized spacial score (nSPS) is 11.9. The molecule has 0 aliphatic heterocycles. The quantitative estimate of drug-likeness (QED) is 0.773. The van der Waals surface area contributed by atoms with E-state index in [0.717, 1.165) is 16.3 Å². The maximum Gasteiger partial charge on any atom is 0.252 e. The maximum atomic E-state index is 12.6. The van der Waals surface area contributed by atoms with Crippen LogP contribution in [-0.4, -0.2) is 11.8 Å². The van der Waals surface area contributed by atoms with Crippen LogP contribution in [0.4, 0.5) is 0 Å². The Morgan fingerprint density at radius 1 is 0.875 bits per heavy atom. The van der Waals surface area contributed by atoms with Crippen LogP contribution in [0.3, 0.4) is 0 Å². The summed E-state index contributed by atoms with van der Waals surface area (Å²) < 4.78 is 0. The van der Waals surface area contributed by atoms with Crippen LogP contribution >= 0.6 is 0 Å². The van der Waals surface area contributed by atoms with Crippen molar-refractivity contribution in [2.75, 3.05) is 0 Å². The highest BCUT2D eigenvalue weighted by Crippen LogP contribution is 2.24. The predicted molar refractivity (Wildman–Crippen MR) is 94.8 cm³/mol. The lowest BCUT2D eigenvalue weighted by Gasteiger charge is -2.17. The van der Waals surface area contributed by atoms with Crippen LogP contribution < -0.4 is 11.1 Å². The highest BCUT2D eigenvalue weighted by Gasteiger charge is 2.17. The minimum atomic E-state index is -0.612. The van der Waals surface area contributed by atoms with E-state index in [4.69, 9.17) is 5.73 Å². The van der Waals surface area contributed by atoms with Gasteiger partial charge in [0.25, 0.3) is 5.91 Å². The summed E-state index contributed by atoms with van der Waals surface area (Å²) in [7, 11) is 0. The van der Waals surface area contributed by atoms with Crippen molar-refractivity contribution in [2.24, 2.45) is 5.73 Å². The first-order valence-electron chi connectivity index (χ1n) is 7.75. The summed E-state index contributed by atoms with van der Waals surface area (Å²) >= 11 is 0. The van der Waals surface area contributed by atoms with E-state index in [1.807, 2.05) is 49.4 Å². The Kier molecular flexibility index (Phi) is 4.29. The number of hydrogen-bond donors (Lipinski definition) is 2. The summed E-state index contributed by atoms with van der Waals surface area (Å²) in [6.45, 7) is 1.92. The molecule has 120 valence electrons. The monoisotopic (exact) mass is 318 g/mol. The van der Waals surface area contributed by atoms with E-state index in [-0.39, 0.29) is 23.1 Å². The number of rotatable bonds is 4. The molecule has 0 unspecified atom stereocenters. The van der Waals surface area contributed by atoms with Gasteiger partial charge in [-0.25, -0.2) is 0 Å². The van der Waals surface area contributed by atoms with Gasteiger partial charge in [-0.05, 0) is 35.4 Å². The van der Waals surface area contributed by atoms with Crippen molar-refractivity contribution in [3.63, 3.8) is 0 Å². The number of benzene rings is 3. The first-order chi connectivity index (χ1) is 11.6. The number of carbonyl (C=O) groups excluding carboxylic acids is 2. The number of carbonyl (C=O) groups is 2. The zero-order valence-corrected chi connectivity index (χ0v) is 13.3. The SMILES string of the molecule is C[C@H](NC(=O)c1ccccc1C(N)=O)c1cccc2ccccc12. The number of fused-ring (bicyclic) bond motifs is 1. The van der Waals surface area contributed by atoms with E-state index in [2.05, 4.69) is 5.32 Å². The van der Waals surface area contributed by atoms with Gasteiger partial charge in [-0.3, -0.25) is 9.59 Å². The summed E-state index contributed by atoms with van der Waals surface area (Å²) in [5.41, 5.74) is 6.89. The van der Waals surface area contributed by atoms with Crippen molar-refractivity contribution in [1.82, 2.24) is 5.32 Å². The first kappa shape index (κ1) is 15.7. The molecule has 3 rings (SSSR count). The standard InChI is InChI=1S/C20H18N2O2/c1-13(15-12-6-8-14-7-2-3-9-16(14)15)22-20(24)18-11-5-4-10-17(18)19(21)23/h2-13H,1H3,(H2,21,23)(H,22,24)/t13-/m0/s1. The molecule has 3 aromatic carbocycles. The molecule has 0 saturated heterocycles. The molecule has 0 radical (unpaired) electrons. The van der Waals surface area contributed by atoms with Crippen molar-refractivity contribution in [3.8, 4) is 0 Å². The summed E-state index contributed by atoms with van der Waals surface area (Å²) in [5.74, 6) is -0.927. The van der Waals surface area contributed by atoms with Gasteiger partial charge < -0.3 is 11.1 Å². The lowest BCUT2D eigenvalue weighted by Crippen LogP contribution is -2.29. The van der Waals surface area contributed by atoms with Crippen molar-refractivity contribution in [2.45, 2.75) is 13.0 Å². The highest BCUT2D eigenvalue weighted by molar-refractivity contribution is 6.06. The average Bonchev–Trinajstić information content (AvgIpc) is 2.61. The van der Waals surface area contributed by atoms with Gasteiger partial charge in [-0.1, -0.05) is 54.6 Å². The molecule has 2 amide bonds. The maximum absolute atomic E-state index is 12.6. The molecular weight excluding hydrogens is 300 g/mol. The van der Waals surface area contributed by atoms with E-state index >= 15 is 0 Å². The number of primary amides is 1. The lowest BCUT2D eigenvalue weighted by molar-refractivity contribution is 0.0925. The molecule has 3 N–H and O–H groups in total. The minimum Gasteiger partial charge on any atom is -0.366 e. The molecule has 0 aliphatic rings. The smallest absolute Gasteiger partial charge is 0.252 e. The highest BCUT2D eigenvalue weighted by atomic mass is 16.2. The minimum absolute atomic E-state index is 0.204. The molecule has 0 spiro atoms. The van der Waals surface area contributed by atoms with Gasteiger partial charge in [0.05, 0.1) is 17.2 Å². The van der Waals surface area contributed by atoms with Crippen LogP contribution in [-0.2, 0) is 0 Å². The van der Waals surface area contributed by atoms with Crippen LogP contribution in [0.25, 0.3) is 10.8 Å². The molecule has 0 fully saturated rings. The van der Waals surface area contributed by atoms with Crippen LogP contribution in [0.15, 0.2) is 66.7 Å². The molecule has 0 heterocycles. The number of hydrogen-bond acceptors (Lipinski definition) is 2. The Hall–Kier alpha value is -3.14. The van der Waals surface area contributed by atoms with E-state index in [1.165, 1.54) is 0 Å². The second kappa shape index (κ2) is 6.54. The predicted octanol–water partition coefficient (Wildman–Crippen LogP) is 3.43. The molecule has 24 heavy (non-hydrogen) atoms. The molecule has 0 aliphatic carbocycles. The first-order valence-corrected chi connectivity index (χ1v) is 7.75. The van der Waals surface area contributed by atoms with Crippen molar-refractivity contribution in [1.29, 1.82) is 0 Å². The Labute approximate surface area is 140 Å². The van der Waals surface area contributed by atoms with Gasteiger partial charge in [-0.2, -0.15) is 0 Å². The van der Waals surface area contributed by atoms with Gasteiger partial charge in [0.15, 0.2) is 0 Å². The fourth-order valence-corrected chi connectivity index (χ4v) is 2.88. The van der Waals surface area contributed by atoms with E-state index in [1.54, 1.807) is 24.3 Å². The van der Waals surface area contributed by atoms with Gasteiger partial charge in [0.2, 0.25) is 5.91 Å². The summed E-state index contributed by atoms with van der Waals surface area (Å²) in [6, 6.07) is 20.4. The zero-order chi connectivity index (χ0) is 17.1. The van der Waals surface area contributed by atoms with Crippen molar-refractivity contribution >= 4 is 22.6 Å². The molecular formula is C20H18N2O2. The Bertz CT molecular complexity index is 913. The third-order valence-corrected chi connectivity index (χ3v) is 4.07. The third kappa shape index (κ3) is 2.99. The zero-order valence-electron chi connectivity index (χ0n) is 13.3. The van der Waals surface area contributed by atoms with Gasteiger partial charge >= 0.3 is 0 Å². The van der Waals surface area contributed by atoms with E-state index in [0.29, 0.717) is 0 Å². The van der Waals surface area contributed by atoms with Crippen LogP contribution in [0.2, 0.25) is 0 Å². The Balaban J connectivity index is 1.91. The van der Waals surface area contributed by atoms with Crippen LogP contribution in [0.1, 0.15) is 39.2 Å². The fraction of sp³-hybridized carbons (Fsp3) is 0.100. The third-order valence-electron chi connectivity index (χ3n) is 4.07. The van der Waals surface area contributed by atoms with Crippen LogP contribution in [0, 0.1) is 0 Å². The topological polar surface area (TPSA) is 72.2 Å². The van der Waals surface area contributed by atoms with Crippen LogP contribution in [0.5, 0.6) is 0 Å². The fourth-order valence-electron chi connectivity index (χ4n) is 2.88. The second-order valence-corrected chi connectivity index (χ2v) is 5.67. The molecule has 0 bridgehead atoms. The number of amides is 2. The van der Waals surface area contributed by atoms with Crippen molar-refractivity contribution in [3.05, 3.63) is 83.4 Å². The second-order valence-electron chi connectivity index (χ2n) is 5.67. The largest absolute Gasteiger partial charge is 0.366 e. The summed E-state index contributed by atoms with van der Waals surface area (Å²) in [4.78, 5) is 24.1. The average molecular weight is 318 g/mol. The molecule has 4 nitrogen and oxygen atoms in total. The van der Waals surface area contributed by atoms with Gasteiger partial charge in [0.1, 0.15) is 0 Å². The van der Waals surface area contributed by atoms with Crippen molar-refractivity contribution < 1.29 is 9.59 Å². The molecule has 4 heteroatoms. The van der Waals surface area contributed by atoms with Gasteiger partial charge in [-0.15, -0.1) is 0 Å². The molecule has 1 atom stereocenters. The molecule has 0 saturated carbocycles. The lowest BCUT2D eigenvalue weighted by atomic mass is 9.99. The van der Waals surface area contributed by atoms with Gasteiger partial charge in [0, 0.05) is 0 Å². The molecule has 0 aromatic heterocycles. The van der Waals surface area contributed by atoms with E-state index in [9.17, 15) is 9.59 Å². The number of nitrogens with one attached hydrogen (secondary N) is 1. The number of nitrogens with two attached hydrogens (primary N) is 1.